The average molecular weight is 259 g/mol. The number of fused-ring (bicyclic) bond motifs is 3. The van der Waals surface area contributed by atoms with E-state index in [2.05, 4.69) is 5.32 Å². The van der Waals surface area contributed by atoms with Crippen molar-refractivity contribution in [2.24, 2.45) is 5.92 Å². The molecule has 0 saturated heterocycles. The van der Waals surface area contributed by atoms with E-state index in [1.165, 1.54) is 6.07 Å². The van der Waals surface area contributed by atoms with Gasteiger partial charge in [0.15, 0.2) is 0 Å². The molecule has 0 fully saturated rings. The Hall–Kier alpha value is -2.30. The van der Waals surface area contributed by atoms with Crippen LogP contribution in [0.15, 0.2) is 30.4 Å². The zero-order valence-corrected chi connectivity index (χ0v) is 10.0. The molecule has 0 unspecified atom stereocenters. The van der Waals surface area contributed by atoms with E-state index in [-0.39, 0.29) is 17.4 Å². The second-order valence-corrected chi connectivity index (χ2v) is 4.92. The van der Waals surface area contributed by atoms with Gasteiger partial charge in [0.25, 0.3) is 0 Å². The Labute approximate surface area is 109 Å². The van der Waals surface area contributed by atoms with E-state index in [0.717, 1.165) is 5.56 Å². The predicted molar refractivity (Wildman–Crippen MR) is 68.4 cm³/mol. The third-order valence-corrected chi connectivity index (χ3v) is 3.88. The number of hydrogen-bond donors (Lipinski definition) is 3. The molecular formula is C14H13NO4. The van der Waals surface area contributed by atoms with E-state index in [1.807, 2.05) is 12.2 Å². The largest absolute Gasteiger partial charge is 0.480 e. The molecular weight excluding hydrogens is 246 g/mol. The highest BCUT2D eigenvalue weighted by molar-refractivity contribution is 5.89. The Morgan fingerprint density at radius 3 is 2.74 bits per heavy atom. The number of carboxylic acids is 2. The Kier molecular flexibility index (Phi) is 2.55. The normalized spacial score (nSPS) is 27.3. The molecule has 0 spiro atoms. The zero-order valence-electron chi connectivity index (χ0n) is 10.0. The van der Waals surface area contributed by atoms with Gasteiger partial charge in [-0.1, -0.05) is 12.2 Å². The lowest BCUT2D eigenvalue weighted by atomic mass is 9.79. The van der Waals surface area contributed by atoms with E-state index < -0.39 is 18.0 Å². The van der Waals surface area contributed by atoms with Crippen LogP contribution >= 0.6 is 0 Å². The van der Waals surface area contributed by atoms with E-state index in [1.54, 1.807) is 12.1 Å². The quantitative estimate of drug-likeness (QED) is 0.706. The van der Waals surface area contributed by atoms with Crippen molar-refractivity contribution in [1.82, 2.24) is 0 Å². The van der Waals surface area contributed by atoms with Crippen LogP contribution in [0.1, 0.15) is 28.3 Å². The molecule has 0 saturated carbocycles. The summed E-state index contributed by atoms with van der Waals surface area (Å²) < 4.78 is 0. The minimum absolute atomic E-state index is 0.0170. The highest BCUT2D eigenvalue weighted by Gasteiger charge is 2.40. The molecule has 1 heterocycles. The van der Waals surface area contributed by atoms with Gasteiger partial charge in [-0.2, -0.15) is 0 Å². The Morgan fingerprint density at radius 1 is 1.26 bits per heavy atom. The van der Waals surface area contributed by atoms with Crippen molar-refractivity contribution in [2.75, 3.05) is 5.32 Å². The molecule has 0 bridgehead atoms. The van der Waals surface area contributed by atoms with E-state index in [0.29, 0.717) is 12.1 Å². The van der Waals surface area contributed by atoms with E-state index in [4.69, 9.17) is 5.11 Å². The summed E-state index contributed by atoms with van der Waals surface area (Å²) in [5, 5.41) is 21.3. The number of anilines is 1. The summed E-state index contributed by atoms with van der Waals surface area (Å²) in [6.45, 7) is 0. The summed E-state index contributed by atoms with van der Waals surface area (Å²) in [6, 6.07) is 4.15. The molecule has 1 aromatic carbocycles. The molecule has 0 amide bonds. The first kappa shape index (κ1) is 11.8. The van der Waals surface area contributed by atoms with Gasteiger partial charge in [-0.25, -0.2) is 9.59 Å². The maximum atomic E-state index is 11.3. The van der Waals surface area contributed by atoms with Crippen molar-refractivity contribution in [3.05, 3.63) is 41.5 Å². The number of allylic oxidation sites excluding steroid dienone is 2. The fourth-order valence-corrected chi connectivity index (χ4v) is 2.97. The van der Waals surface area contributed by atoms with Gasteiger partial charge in [0.05, 0.1) is 5.56 Å². The van der Waals surface area contributed by atoms with Gasteiger partial charge in [0, 0.05) is 17.5 Å². The zero-order chi connectivity index (χ0) is 13.6. The van der Waals surface area contributed by atoms with Crippen LogP contribution in [0.3, 0.4) is 0 Å². The molecule has 1 aromatic rings. The van der Waals surface area contributed by atoms with Crippen molar-refractivity contribution < 1.29 is 19.8 Å². The number of carboxylic acid groups (broad SMARTS) is 2. The van der Waals surface area contributed by atoms with Crippen LogP contribution in [0.4, 0.5) is 5.69 Å². The summed E-state index contributed by atoms with van der Waals surface area (Å²) in [7, 11) is 0. The molecule has 1 aliphatic carbocycles. The van der Waals surface area contributed by atoms with Crippen LogP contribution in [0.5, 0.6) is 0 Å². The minimum Gasteiger partial charge on any atom is -0.480 e. The molecule has 0 aromatic heterocycles. The number of hydrogen-bond acceptors (Lipinski definition) is 3. The van der Waals surface area contributed by atoms with Crippen LogP contribution in [0, 0.1) is 5.92 Å². The number of nitrogens with one attached hydrogen (secondary N) is 1. The van der Waals surface area contributed by atoms with Gasteiger partial charge >= 0.3 is 11.9 Å². The third-order valence-electron chi connectivity index (χ3n) is 3.88. The van der Waals surface area contributed by atoms with Crippen LogP contribution < -0.4 is 5.32 Å². The van der Waals surface area contributed by atoms with Crippen molar-refractivity contribution in [2.45, 2.75) is 18.4 Å². The fourth-order valence-electron chi connectivity index (χ4n) is 2.97. The molecule has 5 heteroatoms. The van der Waals surface area contributed by atoms with Gasteiger partial charge < -0.3 is 15.5 Å². The second-order valence-electron chi connectivity index (χ2n) is 4.92. The SMILES string of the molecule is O=C(O)c1ccc2c(c1)[C@@H]1C=CC[C@@H]1[C@@H](C(=O)O)N2. The first-order chi connectivity index (χ1) is 9.08. The maximum Gasteiger partial charge on any atom is 0.335 e. The fraction of sp³-hybridized carbons (Fsp3) is 0.286. The Balaban J connectivity index is 2.08. The summed E-state index contributed by atoms with van der Waals surface area (Å²) in [5.41, 5.74) is 1.81. The predicted octanol–water partition coefficient (Wildman–Crippen LogP) is 1.92. The van der Waals surface area contributed by atoms with Crippen molar-refractivity contribution >= 4 is 17.6 Å². The van der Waals surface area contributed by atoms with Gasteiger partial charge in [0.1, 0.15) is 6.04 Å². The molecule has 0 radical (unpaired) electrons. The molecule has 3 atom stereocenters. The van der Waals surface area contributed by atoms with E-state index >= 15 is 0 Å². The van der Waals surface area contributed by atoms with Crippen molar-refractivity contribution in [1.29, 1.82) is 0 Å². The standard InChI is InChI=1S/C14H13NO4/c16-13(17)7-4-5-11-10(6-7)8-2-1-3-9(8)12(15-11)14(18)19/h1-2,4-6,8-9,12,15H,3H2,(H,16,17)(H,18,19)/t8-,9+,12+/m1/s1. The summed E-state index contributed by atoms with van der Waals surface area (Å²) in [4.78, 5) is 22.3. The number of carbonyl (C=O) groups is 2. The van der Waals surface area contributed by atoms with Gasteiger partial charge in [0.2, 0.25) is 0 Å². The van der Waals surface area contributed by atoms with Crippen LogP contribution in [-0.2, 0) is 4.79 Å². The summed E-state index contributed by atoms with van der Waals surface area (Å²) in [5.74, 6) is -1.90. The lowest BCUT2D eigenvalue weighted by Gasteiger charge is -2.34. The molecule has 2 aliphatic rings. The Morgan fingerprint density at radius 2 is 2.05 bits per heavy atom. The molecule has 3 N–H and O–H groups in total. The highest BCUT2D eigenvalue weighted by atomic mass is 16.4. The number of aliphatic carboxylic acids is 1. The maximum absolute atomic E-state index is 11.3. The second kappa shape index (κ2) is 4.12. The van der Waals surface area contributed by atoms with Crippen LogP contribution in [0.2, 0.25) is 0 Å². The number of rotatable bonds is 2. The lowest BCUT2D eigenvalue weighted by molar-refractivity contribution is -0.139. The van der Waals surface area contributed by atoms with Crippen LogP contribution in [-0.4, -0.2) is 28.2 Å². The third kappa shape index (κ3) is 1.78. The number of aromatic carboxylic acids is 1. The smallest absolute Gasteiger partial charge is 0.335 e. The topological polar surface area (TPSA) is 86.6 Å². The monoisotopic (exact) mass is 259 g/mol. The van der Waals surface area contributed by atoms with Gasteiger partial charge in [-0.05, 0) is 30.2 Å². The van der Waals surface area contributed by atoms with Gasteiger partial charge in [-0.15, -0.1) is 0 Å². The first-order valence-corrected chi connectivity index (χ1v) is 6.11. The molecule has 5 nitrogen and oxygen atoms in total. The summed E-state index contributed by atoms with van der Waals surface area (Å²) in [6.07, 6.45) is 4.65. The lowest BCUT2D eigenvalue weighted by Crippen LogP contribution is -2.41. The molecule has 19 heavy (non-hydrogen) atoms. The highest BCUT2D eigenvalue weighted by Crippen LogP contribution is 2.44. The first-order valence-electron chi connectivity index (χ1n) is 6.11. The van der Waals surface area contributed by atoms with E-state index in [9.17, 15) is 14.7 Å². The van der Waals surface area contributed by atoms with Gasteiger partial charge in [-0.3, -0.25) is 0 Å². The minimum atomic E-state index is -0.971. The van der Waals surface area contributed by atoms with Crippen molar-refractivity contribution in [3.63, 3.8) is 0 Å². The molecule has 1 aliphatic heterocycles. The Bertz CT molecular complexity index is 593. The summed E-state index contributed by atoms with van der Waals surface area (Å²) >= 11 is 0. The average Bonchev–Trinajstić information content (AvgIpc) is 2.86. The number of benzene rings is 1. The van der Waals surface area contributed by atoms with Crippen molar-refractivity contribution in [3.8, 4) is 0 Å². The molecule has 3 rings (SSSR count). The molecule has 98 valence electrons. The van der Waals surface area contributed by atoms with Crippen LogP contribution in [0.25, 0.3) is 0 Å².